The van der Waals surface area contributed by atoms with Gasteiger partial charge in [-0.3, -0.25) is 14.4 Å². The molecule has 1 saturated carbocycles. The van der Waals surface area contributed by atoms with Crippen LogP contribution in [0.5, 0.6) is 0 Å². The number of fused-ring (bicyclic) bond motifs is 1. The zero-order valence-electron chi connectivity index (χ0n) is 14.5. The van der Waals surface area contributed by atoms with Crippen LogP contribution in [0.15, 0.2) is 24.3 Å². The molecule has 3 rings (SSSR count). The highest BCUT2D eigenvalue weighted by atomic mass is 35.5. The second kappa shape index (κ2) is 9.00. The molecule has 1 aromatic rings. The third-order valence-electron chi connectivity index (χ3n) is 4.99. The lowest BCUT2D eigenvalue weighted by atomic mass is 9.85. The van der Waals surface area contributed by atoms with Crippen LogP contribution >= 0.6 is 12.4 Å². The maximum absolute atomic E-state index is 12.5. The minimum absolute atomic E-state index is 0. The molecular formula is C18H25ClN4O3. The van der Waals surface area contributed by atoms with Crippen LogP contribution in [0.4, 0.5) is 5.69 Å². The van der Waals surface area contributed by atoms with Gasteiger partial charge in [0, 0.05) is 17.3 Å². The van der Waals surface area contributed by atoms with Gasteiger partial charge in [0.2, 0.25) is 11.8 Å². The highest BCUT2D eigenvalue weighted by Crippen LogP contribution is 2.33. The van der Waals surface area contributed by atoms with E-state index in [1.54, 1.807) is 24.3 Å². The van der Waals surface area contributed by atoms with E-state index in [0.29, 0.717) is 23.2 Å². The zero-order chi connectivity index (χ0) is 17.8. The Morgan fingerprint density at radius 3 is 2.69 bits per heavy atom. The molecular weight excluding hydrogens is 356 g/mol. The largest absolute Gasteiger partial charge is 0.368 e. The maximum atomic E-state index is 12.5. The summed E-state index contributed by atoms with van der Waals surface area (Å²) in [5.41, 5.74) is 5.95. The van der Waals surface area contributed by atoms with Crippen LogP contribution in [-0.2, 0) is 9.59 Å². The number of nitrogens with one attached hydrogen (secondary N) is 3. The number of halogens is 1. The molecule has 2 fully saturated rings. The molecule has 7 nitrogen and oxygen atoms in total. The molecule has 0 radical (unpaired) electrons. The molecule has 1 saturated heterocycles. The number of carbonyl (C=O) groups excluding carboxylic acids is 3. The SMILES string of the molecule is Cl.NC(=O)CNC(=O)c1cccc(NC(=O)C2CC3CCCCC3N2)c1. The van der Waals surface area contributed by atoms with Gasteiger partial charge in [0.05, 0.1) is 12.6 Å². The summed E-state index contributed by atoms with van der Waals surface area (Å²) in [6.45, 7) is -0.218. The number of amides is 3. The Bertz CT molecular complexity index is 668. The number of nitrogens with two attached hydrogens (primary N) is 1. The molecule has 26 heavy (non-hydrogen) atoms. The van der Waals surface area contributed by atoms with Crippen molar-refractivity contribution in [3.05, 3.63) is 29.8 Å². The Hall–Kier alpha value is -2.12. The molecule has 0 bridgehead atoms. The average Bonchev–Trinajstić information content (AvgIpc) is 3.04. The van der Waals surface area contributed by atoms with E-state index < -0.39 is 11.8 Å². The van der Waals surface area contributed by atoms with E-state index in [9.17, 15) is 14.4 Å². The van der Waals surface area contributed by atoms with Crippen molar-refractivity contribution in [1.29, 1.82) is 0 Å². The van der Waals surface area contributed by atoms with E-state index in [0.717, 1.165) is 12.8 Å². The number of primary amides is 1. The monoisotopic (exact) mass is 380 g/mol. The first-order valence-electron chi connectivity index (χ1n) is 8.76. The molecule has 1 aliphatic heterocycles. The minimum atomic E-state index is -0.605. The Morgan fingerprint density at radius 2 is 1.96 bits per heavy atom. The fraction of sp³-hybridized carbons (Fsp3) is 0.500. The van der Waals surface area contributed by atoms with Crippen molar-refractivity contribution in [2.75, 3.05) is 11.9 Å². The summed E-state index contributed by atoms with van der Waals surface area (Å²) in [6.07, 6.45) is 5.68. The van der Waals surface area contributed by atoms with Crippen LogP contribution in [0.1, 0.15) is 42.5 Å². The van der Waals surface area contributed by atoms with Gasteiger partial charge in [-0.25, -0.2) is 0 Å². The highest BCUT2D eigenvalue weighted by molar-refractivity contribution is 5.99. The maximum Gasteiger partial charge on any atom is 0.251 e. The molecule has 2 aliphatic rings. The smallest absolute Gasteiger partial charge is 0.251 e. The van der Waals surface area contributed by atoms with Gasteiger partial charge in [-0.05, 0) is 43.4 Å². The lowest BCUT2D eigenvalue weighted by molar-refractivity contribution is -0.118. The van der Waals surface area contributed by atoms with E-state index in [1.807, 2.05) is 0 Å². The number of carbonyl (C=O) groups is 3. The second-order valence-electron chi connectivity index (χ2n) is 6.83. The van der Waals surface area contributed by atoms with Crippen molar-refractivity contribution in [3.8, 4) is 0 Å². The van der Waals surface area contributed by atoms with Crippen LogP contribution in [0.3, 0.4) is 0 Å². The number of anilines is 1. The Balaban J connectivity index is 0.00000243. The van der Waals surface area contributed by atoms with Gasteiger partial charge in [-0.1, -0.05) is 18.9 Å². The number of rotatable bonds is 5. The predicted molar refractivity (Wildman–Crippen MR) is 101 cm³/mol. The van der Waals surface area contributed by atoms with E-state index >= 15 is 0 Å². The molecule has 3 amide bonds. The first-order chi connectivity index (χ1) is 12.0. The summed E-state index contributed by atoms with van der Waals surface area (Å²) in [5.74, 6) is -0.481. The van der Waals surface area contributed by atoms with Gasteiger partial charge >= 0.3 is 0 Å². The molecule has 142 valence electrons. The van der Waals surface area contributed by atoms with Gasteiger partial charge in [-0.2, -0.15) is 0 Å². The van der Waals surface area contributed by atoms with Gasteiger partial charge in [0.25, 0.3) is 5.91 Å². The molecule has 5 N–H and O–H groups in total. The summed E-state index contributed by atoms with van der Waals surface area (Å²) in [4.78, 5) is 35.2. The Kier molecular flexibility index (Phi) is 6.99. The summed E-state index contributed by atoms with van der Waals surface area (Å²) < 4.78 is 0. The van der Waals surface area contributed by atoms with Crippen LogP contribution in [0, 0.1) is 5.92 Å². The van der Waals surface area contributed by atoms with Crippen LogP contribution in [0.25, 0.3) is 0 Å². The van der Waals surface area contributed by atoms with E-state index in [1.165, 1.54) is 19.3 Å². The summed E-state index contributed by atoms with van der Waals surface area (Å²) in [7, 11) is 0. The van der Waals surface area contributed by atoms with Gasteiger partial charge in [0.15, 0.2) is 0 Å². The summed E-state index contributed by atoms with van der Waals surface area (Å²) in [6, 6.07) is 6.92. The van der Waals surface area contributed by atoms with Crippen LogP contribution in [0.2, 0.25) is 0 Å². The van der Waals surface area contributed by atoms with Crippen LogP contribution < -0.4 is 21.7 Å². The number of benzene rings is 1. The average molecular weight is 381 g/mol. The second-order valence-corrected chi connectivity index (χ2v) is 6.83. The van der Waals surface area contributed by atoms with Gasteiger partial charge in [0.1, 0.15) is 0 Å². The first kappa shape index (κ1) is 20.2. The van der Waals surface area contributed by atoms with Gasteiger partial charge in [-0.15, -0.1) is 12.4 Å². The fourth-order valence-electron chi connectivity index (χ4n) is 3.76. The molecule has 0 spiro atoms. The summed E-state index contributed by atoms with van der Waals surface area (Å²) in [5, 5.41) is 8.75. The molecule has 3 unspecified atom stereocenters. The standard InChI is InChI=1S/C18H24N4O3.ClH/c19-16(23)10-20-17(24)12-5-3-6-13(8-12)21-18(25)15-9-11-4-1-2-7-14(11)22-15;/h3,5-6,8,11,14-15,22H,1-2,4,7,9-10H2,(H2,19,23)(H,20,24)(H,21,25);1H. The van der Waals surface area contributed by atoms with Crippen molar-refractivity contribution in [1.82, 2.24) is 10.6 Å². The molecule has 3 atom stereocenters. The first-order valence-corrected chi connectivity index (χ1v) is 8.76. The van der Waals surface area contributed by atoms with Crippen molar-refractivity contribution in [2.45, 2.75) is 44.2 Å². The third-order valence-corrected chi connectivity index (χ3v) is 4.99. The predicted octanol–water partition coefficient (Wildman–Crippen LogP) is 1.18. The quantitative estimate of drug-likeness (QED) is 0.614. The Labute approximate surface area is 158 Å². The number of hydrogen-bond acceptors (Lipinski definition) is 4. The van der Waals surface area contributed by atoms with E-state index in [4.69, 9.17) is 5.73 Å². The minimum Gasteiger partial charge on any atom is -0.368 e. The zero-order valence-corrected chi connectivity index (χ0v) is 15.3. The normalized spacial score (nSPS) is 24.1. The fourth-order valence-corrected chi connectivity index (χ4v) is 3.76. The topological polar surface area (TPSA) is 113 Å². The van der Waals surface area contributed by atoms with Crippen molar-refractivity contribution >= 4 is 35.8 Å². The third kappa shape index (κ3) is 4.95. The van der Waals surface area contributed by atoms with E-state index in [-0.39, 0.29) is 30.9 Å². The highest BCUT2D eigenvalue weighted by Gasteiger charge is 2.38. The molecule has 0 aromatic heterocycles. The van der Waals surface area contributed by atoms with Crippen LogP contribution in [-0.4, -0.2) is 36.3 Å². The molecule has 8 heteroatoms. The molecule has 1 aliphatic carbocycles. The molecule has 1 heterocycles. The van der Waals surface area contributed by atoms with Crippen molar-refractivity contribution < 1.29 is 14.4 Å². The van der Waals surface area contributed by atoms with Crippen molar-refractivity contribution in [3.63, 3.8) is 0 Å². The molecule has 1 aromatic carbocycles. The van der Waals surface area contributed by atoms with Crippen molar-refractivity contribution in [2.24, 2.45) is 11.7 Å². The van der Waals surface area contributed by atoms with Gasteiger partial charge < -0.3 is 21.7 Å². The number of hydrogen-bond donors (Lipinski definition) is 4. The Morgan fingerprint density at radius 1 is 1.19 bits per heavy atom. The lowest BCUT2D eigenvalue weighted by Crippen LogP contribution is -2.39. The lowest BCUT2D eigenvalue weighted by Gasteiger charge is -2.24. The summed E-state index contributed by atoms with van der Waals surface area (Å²) >= 11 is 0. The van der Waals surface area contributed by atoms with E-state index in [2.05, 4.69) is 16.0 Å².